The molecular weight excluding hydrogens is 348 g/mol. The van der Waals surface area contributed by atoms with E-state index in [0.717, 1.165) is 22.4 Å². The number of amides is 1. The quantitative estimate of drug-likeness (QED) is 0.539. The summed E-state index contributed by atoms with van der Waals surface area (Å²) in [6.45, 7) is 3.66. The lowest BCUT2D eigenvalue weighted by Gasteiger charge is -2.03. The van der Waals surface area contributed by atoms with Crippen LogP contribution >= 0.6 is 11.3 Å². The number of benzene rings is 1. The molecule has 0 saturated heterocycles. The van der Waals surface area contributed by atoms with Crippen LogP contribution in [-0.2, 0) is 4.79 Å². The Kier molecular flexibility index (Phi) is 4.14. The zero-order chi connectivity index (χ0) is 18.1. The van der Waals surface area contributed by atoms with Crippen molar-refractivity contribution >= 4 is 34.0 Å². The highest BCUT2D eigenvalue weighted by molar-refractivity contribution is 7.12. The largest absolute Gasteiger partial charge is 0.454 e. The minimum absolute atomic E-state index is 0.206. The number of hydrogen-bond donors (Lipinski definition) is 1. The molecule has 0 spiro atoms. The van der Waals surface area contributed by atoms with E-state index in [0.29, 0.717) is 16.7 Å². The first-order valence-electron chi connectivity index (χ1n) is 8.09. The highest BCUT2D eigenvalue weighted by Crippen LogP contribution is 2.30. The average Bonchev–Trinajstić information content (AvgIpc) is 3.32. The van der Waals surface area contributed by atoms with Crippen LogP contribution in [0.5, 0.6) is 0 Å². The lowest BCUT2D eigenvalue weighted by molar-refractivity contribution is -0.111. The number of carbonyl (C=O) groups excluding carboxylic acids is 1. The molecule has 1 N–H and O–H groups in total. The van der Waals surface area contributed by atoms with Gasteiger partial charge >= 0.3 is 0 Å². The van der Waals surface area contributed by atoms with Crippen molar-refractivity contribution in [1.82, 2.24) is 14.8 Å². The second-order valence-corrected chi connectivity index (χ2v) is 6.57. The van der Waals surface area contributed by atoms with Gasteiger partial charge in [0.05, 0.1) is 5.69 Å². The fraction of sp³-hybridized carbons (Fsp3) is 0.105. The lowest BCUT2D eigenvalue weighted by Crippen LogP contribution is -2.12. The number of hydrogen-bond acceptors (Lipinski definition) is 5. The van der Waals surface area contributed by atoms with Crippen molar-refractivity contribution in [2.75, 3.05) is 5.32 Å². The number of aryl methyl sites for hydroxylation is 1. The van der Waals surface area contributed by atoms with Crippen molar-refractivity contribution in [3.8, 4) is 16.6 Å². The smallest absolute Gasteiger partial charge is 0.249 e. The van der Waals surface area contributed by atoms with Gasteiger partial charge in [-0.25, -0.2) is 4.98 Å². The van der Waals surface area contributed by atoms with E-state index in [1.165, 1.54) is 17.4 Å². The van der Waals surface area contributed by atoms with Gasteiger partial charge in [-0.05, 0) is 32.1 Å². The Morgan fingerprint density at radius 3 is 2.96 bits per heavy atom. The molecular formula is C19H16N4O2S. The molecule has 1 amide bonds. The third kappa shape index (κ3) is 3.04. The van der Waals surface area contributed by atoms with Crippen LogP contribution in [0.4, 0.5) is 5.82 Å². The second-order valence-electron chi connectivity index (χ2n) is 5.74. The van der Waals surface area contributed by atoms with Crippen LogP contribution < -0.4 is 5.32 Å². The molecule has 26 heavy (non-hydrogen) atoms. The second kappa shape index (κ2) is 6.61. The van der Waals surface area contributed by atoms with Crippen molar-refractivity contribution in [3.63, 3.8) is 0 Å². The highest BCUT2D eigenvalue weighted by atomic mass is 32.1. The molecule has 3 aromatic heterocycles. The van der Waals surface area contributed by atoms with E-state index in [1.54, 1.807) is 17.7 Å². The van der Waals surface area contributed by atoms with Crippen LogP contribution in [0.15, 0.2) is 58.3 Å². The number of aromatic nitrogens is 3. The van der Waals surface area contributed by atoms with Gasteiger partial charge in [0.2, 0.25) is 11.0 Å². The normalized spacial score (nSPS) is 11.5. The van der Waals surface area contributed by atoms with E-state index in [-0.39, 0.29) is 5.91 Å². The molecule has 0 bridgehead atoms. The Morgan fingerprint density at radius 1 is 1.31 bits per heavy atom. The van der Waals surface area contributed by atoms with E-state index >= 15 is 0 Å². The van der Waals surface area contributed by atoms with E-state index < -0.39 is 0 Å². The molecule has 0 aliphatic heterocycles. The first kappa shape index (κ1) is 16.3. The highest BCUT2D eigenvalue weighted by Gasteiger charge is 2.15. The molecule has 130 valence electrons. The van der Waals surface area contributed by atoms with Crippen LogP contribution in [0.25, 0.3) is 27.6 Å². The van der Waals surface area contributed by atoms with Crippen LogP contribution in [0.3, 0.4) is 0 Å². The summed E-state index contributed by atoms with van der Waals surface area (Å²) in [5.74, 6) is 1.08. The maximum Gasteiger partial charge on any atom is 0.249 e. The summed E-state index contributed by atoms with van der Waals surface area (Å²) in [7, 11) is 0. The van der Waals surface area contributed by atoms with Crippen LogP contribution in [0, 0.1) is 6.92 Å². The summed E-state index contributed by atoms with van der Waals surface area (Å²) < 4.78 is 7.50. The van der Waals surface area contributed by atoms with Crippen molar-refractivity contribution in [1.29, 1.82) is 0 Å². The summed E-state index contributed by atoms with van der Waals surface area (Å²) in [4.78, 5) is 16.5. The molecule has 6 nitrogen and oxygen atoms in total. The predicted octanol–water partition coefficient (Wildman–Crippen LogP) is 4.57. The third-order valence-electron chi connectivity index (χ3n) is 3.75. The molecule has 0 aliphatic rings. The molecule has 3 heterocycles. The molecule has 0 atom stereocenters. The number of fused-ring (bicyclic) bond motifs is 1. The maximum atomic E-state index is 11.9. The van der Waals surface area contributed by atoms with Gasteiger partial charge in [0, 0.05) is 16.8 Å². The van der Waals surface area contributed by atoms with Crippen LogP contribution in [-0.4, -0.2) is 20.7 Å². The fourth-order valence-electron chi connectivity index (χ4n) is 2.64. The topological polar surface area (TPSA) is 73.0 Å². The van der Waals surface area contributed by atoms with Crippen molar-refractivity contribution < 1.29 is 9.21 Å². The Balaban J connectivity index is 1.69. The number of para-hydroxylation sites is 1. The molecule has 4 aromatic rings. The minimum atomic E-state index is -0.206. The van der Waals surface area contributed by atoms with Crippen LogP contribution in [0.2, 0.25) is 0 Å². The molecule has 0 aliphatic carbocycles. The molecule has 7 heteroatoms. The Morgan fingerprint density at radius 2 is 2.15 bits per heavy atom. The first-order chi connectivity index (χ1) is 12.6. The van der Waals surface area contributed by atoms with Crippen molar-refractivity contribution in [2.45, 2.75) is 13.8 Å². The van der Waals surface area contributed by atoms with Crippen molar-refractivity contribution in [2.24, 2.45) is 0 Å². The predicted molar refractivity (Wildman–Crippen MR) is 103 cm³/mol. The van der Waals surface area contributed by atoms with Gasteiger partial charge in [0.25, 0.3) is 0 Å². The first-order valence-corrected chi connectivity index (χ1v) is 8.97. The summed E-state index contributed by atoms with van der Waals surface area (Å²) in [5, 5.41) is 10.9. The average molecular weight is 364 g/mol. The number of thiazole rings is 1. The number of furan rings is 1. The summed E-state index contributed by atoms with van der Waals surface area (Å²) in [5.41, 5.74) is 2.35. The van der Waals surface area contributed by atoms with E-state index in [2.05, 4.69) is 15.4 Å². The molecule has 1 aromatic carbocycles. The fourth-order valence-corrected chi connectivity index (χ4v) is 3.41. The number of nitrogens with one attached hydrogen (secondary N) is 1. The molecule has 0 saturated carbocycles. The summed E-state index contributed by atoms with van der Waals surface area (Å²) >= 11 is 1.44. The Labute approximate surface area is 153 Å². The Bertz CT molecular complexity index is 1090. The van der Waals surface area contributed by atoms with Gasteiger partial charge in [0.1, 0.15) is 17.1 Å². The SMILES string of the molecule is C/C=C/C(=O)Nc1cc(C)nn1-c1nc(-c2cc3ccccc3o2)cs1. The number of anilines is 1. The van der Waals surface area contributed by atoms with E-state index in [9.17, 15) is 4.79 Å². The summed E-state index contributed by atoms with van der Waals surface area (Å²) in [6.07, 6.45) is 3.15. The van der Waals surface area contributed by atoms with Gasteiger partial charge < -0.3 is 9.73 Å². The van der Waals surface area contributed by atoms with Gasteiger partial charge in [-0.15, -0.1) is 11.3 Å². The molecule has 0 fully saturated rings. The van der Waals surface area contributed by atoms with Gasteiger partial charge in [-0.3, -0.25) is 4.79 Å². The lowest BCUT2D eigenvalue weighted by atomic mass is 10.2. The standard InChI is InChI=1S/C19H16N4O2S/c1-3-6-18(24)21-17-9-12(2)22-23(17)19-20-14(11-26-19)16-10-13-7-4-5-8-15(13)25-16/h3-11H,1-2H3,(H,21,24)/b6-3+. The molecule has 4 rings (SSSR count). The van der Waals surface area contributed by atoms with Gasteiger partial charge in [-0.1, -0.05) is 24.3 Å². The van der Waals surface area contributed by atoms with E-state index in [4.69, 9.17) is 4.42 Å². The van der Waals surface area contributed by atoms with Crippen molar-refractivity contribution in [3.05, 3.63) is 59.6 Å². The van der Waals surface area contributed by atoms with E-state index in [1.807, 2.05) is 48.7 Å². The van der Waals surface area contributed by atoms with Gasteiger partial charge in [-0.2, -0.15) is 9.78 Å². The summed E-state index contributed by atoms with van der Waals surface area (Å²) in [6, 6.07) is 11.6. The zero-order valence-corrected chi connectivity index (χ0v) is 15.1. The number of allylic oxidation sites excluding steroid dienone is 1. The van der Waals surface area contributed by atoms with Gasteiger partial charge in [0.15, 0.2) is 5.76 Å². The number of nitrogens with zero attached hydrogens (tertiary/aromatic N) is 3. The zero-order valence-electron chi connectivity index (χ0n) is 14.3. The Hall–Kier alpha value is -3.19. The van der Waals surface area contributed by atoms with Crippen LogP contribution in [0.1, 0.15) is 12.6 Å². The number of rotatable bonds is 4. The monoisotopic (exact) mass is 364 g/mol. The number of carbonyl (C=O) groups is 1. The molecule has 0 radical (unpaired) electrons. The third-order valence-corrected chi connectivity index (χ3v) is 4.57. The maximum absolute atomic E-state index is 11.9. The minimum Gasteiger partial charge on any atom is -0.454 e. The molecule has 0 unspecified atom stereocenters.